The van der Waals surface area contributed by atoms with Crippen molar-refractivity contribution in [2.75, 3.05) is 25.6 Å². The van der Waals surface area contributed by atoms with Crippen molar-refractivity contribution in [1.82, 2.24) is 5.32 Å². The summed E-state index contributed by atoms with van der Waals surface area (Å²) in [5.74, 6) is -0.313. The summed E-state index contributed by atoms with van der Waals surface area (Å²) in [5, 5.41) is 6.19. The Kier molecular flexibility index (Phi) is 7.20. The molecule has 1 aromatic carbocycles. The van der Waals surface area contributed by atoms with Gasteiger partial charge < -0.3 is 20.1 Å². The van der Waals surface area contributed by atoms with E-state index in [4.69, 9.17) is 17.0 Å². The first-order valence-electron chi connectivity index (χ1n) is 5.91. The van der Waals surface area contributed by atoms with Gasteiger partial charge in [-0.3, -0.25) is 0 Å². The highest BCUT2D eigenvalue weighted by Gasteiger charge is 2.31. The number of hydrogen-bond acceptors (Lipinski definition) is 3. The molecule has 0 fully saturated rings. The summed E-state index contributed by atoms with van der Waals surface area (Å²) in [5.41, 5.74) is 0.542. The Balaban J connectivity index is 2.53. The second kappa shape index (κ2) is 8.40. The molecule has 1 aromatic rings. The van der Waals surface area contributed by atoms with Gasteiger partial charge in [-0.05, 0) is 52.8 Å². The Hall–Kier alpha value is -1.06. The first-order valence-corrected chi connectivity index (χ1v) is 7.11. The van der Waals surface area contributed by atoms with Crippen LogP contribution in [-0.2, 0) is 4.74 Å². The van der Waals surface area contributed by atoms with Crippen LogP contribution in [0.5, 0.6) is 5.75 Å². The second-order valence-electron chi connectivity index (χ2n) is 3.92. The quantitative estimate of drug-likeness (QED) is 0.576. The summed E-state index contributed by atoms with van der Waals surface area (Å²) in [4.78, 5) is 0. The first-order chi connectivity index (χ1) is 9.81. The number of hydrogen-bond donors (Lipinski definition) is 2. The van der Waals surface area contributed by atoms with E-state index in [1.807, 2.05) is 0 Å². The largest absolute Gasteiger partial charge is 0.573 e. The van der Waals surface area contributed by atoms with Gasteiger partial charge in [0.15, 0.2) is 5.11 Å². The summed E-state index contributed by atoms with van der Waals surface area (Å²) >= 11 is 8.08. The van der Waals surface area contributed by atoms with Crippen molar-refractivity contribution >= 4 is 38.9 Å². The van der Waals surface area contributed by atoms with E-state index in [9.17, 15) is 13.2 Å². The van der Waals surface area contributed by atoms with Crippen molar-refractivity contribution in [3.63, 3.8) is 0 Å². The van der Waals surface area contributed by atoms with E-state index in [2.05, 4.69) is 31.3 Å². The number of anilines is 1. The molecule has 0 radical (unpaired) electrons. The highest BCUT2D eigenvalue weighted by atomic mass is 79.9. The van der Waals surface area contributed by atoms with Gasteiger partial charge in [0, 0.05) is 25.9 Å². The summed E-state index contributed by atoms with van der Waals surface area (Å²) in [6, 6.07) is 4.09. The van der Waals surface area contributed by atoms with Gasteiger partial charge in [-0.15, -0.1) is 13.2 Å². The maximum absolute atomic E-state index is 12.1. The standard InChI is InChI=1S/C12H14BrF3N2O2S/c1-19-6-2-5-17-11(21)18-8-3-4-10(9(13)7-8)20-12(14,15)16/h3-4,7H,2,5-6H2,1H3,(H2,17,18,21). The number of halogens is 4. The molecule has 1 rings (SSSR count). The fourth-order valence-corrected chi connectivity index (χ4v) is 2.06. The molecule has 9 heteroatoms. The average Bonchev–Trinajstić information content (AvgIpc) is 2.37. The molecule has 0 amide bonds. The Morgan fingerprint density at radius 2 is 2.10 bits per heavy atom. The van der Waals surface area contributed by atoms with E-state index in [0.29, 0.717) is 24.0 Å². The van der Waals surface area contributed by atoms with Crippen LogP contribution in [0.3, 0.4) is 0 Å². The molecule has 0 heterocycles. The number of methoxy groups -OCH3 is 1. The summed E-state index contributed by atoms with van der Waals surface area (Å²) in [6.07, 6.45) is -3.93. The minimum Gasteiger partial charge on any atom is -0.405 e. The molecule has 2 N–H and O–H groups in total. The number of nitrogens with one attached hydrogen (secondary N) is 2. The number of thiocarbonyl (C=S) groups is 1. The highest BCUT2D eigenvalue weighted by Crippen LogP contribution is 2.32. The molecule has 0 aliphatic heterocycles. The fraction of sp³-hybridized carbons (Fsp3) is 0.417. The lowest BCUT2D eigenvalue weighted by molar-refractivity contribution is -0.274. The van der Waals surface area contributed by atoms with Crippen LogP contribution in [0.25, 0.3) is 0 Å². The molecule has 4 nitrogen and oxygen atoms in total. The molecule has 0 aliphatic carbocycles. The van der Waals surface area contributed by atoms with Crippen molar-refractivity contribution in [2.24, 2.45) is 0 Å². The van der Waals surface area contributed by atoms with Gasteiger partial charge in [-0.1, -0.05) is 0 Å². The fourth-order valence-electron chi connectivity index (χ4n) is 1.38. The number of benzene rings is 1. The number of rotatable bonds is 6. The van der Waals surface area contributed by atoms with Gasteiger partial charge in [0.05, 0.1) is 4.47 Å². The third-order valence-electron chi connectivity index (χ3n) is 2.23. The lowest BCUT2D eigenvalue weighted by atomic mass is 10.3. The lowest BCUT2D eigenvalue weighted by Crippen LogP contribution is -2.29. The summed E-state index contributed by atoms with van der Waals surface area (Å²) in [6.45, 7) is 1.25. The molecular weight excluding hydrogens is 373 g/mol. The van der Waals surface area contributed by atoms with E-state index in [-0.39, 0.29) is 10.2 Å². The Labute approximate surface area is 134 Å². The van der Waals surface area contributed by atoms with Crippen LogP contribution >= 0.6 is 28.1 Å². The minimum absolute atomic E-state index is 0.173. The molecular formula is C12H14BrF3N2O2S. The zero-order valence-electron chi connectivity index (χ0n) is 11.1. The predicted octanol–water partition coefficient (Wildman–Crippen LogP) is 3.67. The van der Waals surface area contributed by atoms with Crippen molar-refractivity contribution in [3.05, 3.63) is 22.7 Å². The molecule has 0 spiro atoms. The summed E-state index contributed by atoms with van der Waals surface area (Å²) in [7, 11) is 1.61. The van der Waals surface area contributed by atoms with Crippen LogP contribution in [0.4, 0.5) is 18.9 Å². The van der Waals surface area contributed by atoms with Crippen LogP contribution in [0.1, 0.15) is 6.42 Å². The molecule has 0 atom stereocenters. The Morgan fingerprint density at radius 3 is 2.67 bits per heavy atom. The van der Waals surface area contributed by atoms with Gasteiger partial charge in [0.2, 0.25) is 0 Å². The Bertz CT molecular complexity index is 486. The van der Waals surface area contributed by atoms with Crippen LogP contribution in [0.15, 0.2) is 22.7 Å². The van der Waals surface area contributed by atoms with Crippen LogP contribution in [0, 0.1) is 0 Å². The monoisotopic (exact) mass is 386 g/mol. The minimum atomic E-state index is -4.73. The van der Waals surface area contributed by atoms with E-state index < -0.39 is 6.36 Å². The van der Waals surface area contributed by atoms with Crippen molar-refractivity contribution in [3.8, 4) is 5.75 Å². The highest BCUT2D eigenvalue weighted by molar-refractivity contribution is 9.10. The van der Waals surface area contributed by atoms with Crippen molar-refractivity contribution in [2.45, 2.75) is 12.8 Å². The molecule has 0 saturated heterocycles. The van der Waals surface area contributed by atoms with E-state index in [1.54, 1.807) is 7.11 Å². The normalized spacial score (nSPS) is 11.1. The van der Waals surface area contributed by atoms with Gasteiger partial charge >= 0.3 is 6.36 Å². The molecule has 0 aromatic heterocycles. The first kappa shape index (κ1) is 18.0. The maximum atomic E-state index is 12.1. The van der Waals surface area contributed by atoms with Gasteiger partial charge in [-0.25, -0.2) is 0 Å². The van der Waals surface area contributed by atoms with Gasteiger partial charge in [0.25, 0.3) is 0 Å². The second-order valence-corrected chi connectivity index (χ2v) is 5.18. The smallest absolute Gasteiger partial charge is 0.405 e. The van der Waals surface area contributed by atoms with E-state index >= 15 is 0 Å². The van der Waals surface area contributed by atoms with Crippen molar-refractivity contribution < 1.29 is 22.6 Å². The van der Waals surface area contributed by atoms with Crippen LogP contribution in [0.2, 0.25) is 0 Å². The number of alkyl halides is 3. The molecule has 0 bridgehead atoms. The van der Waals surface area contributed by atoms with Crippen molar-refractivity contribution in [1.29, 1.82) is 0 Å². The van der Waals surface area contributed by atoms with E-state index in [0.717, 1.165) is 6.42 Å². The SMILES string of the molecule is COCCCNC(=S)Nc1ccc(OC(F)(F)F)c(Br)c1. The molecule has 21 heavy (non-hydrogen) atoms. The maximum Gasteiger partial charge on any atom is 0.573 e. The lowest BCUT2D eigenvalue weighted by Gasteiger charge is -2.13. The Morgan fingerprint density at radius 1 is 1.38 bits per heavy atom. The van der Waals surface area contributed by atoms with Crippen LogP contribution in [-0.4, -0.2) is 31.7 Å². The molecule has 0 aliphatic rings. The zero-order valence-corrected chi connectivity index (χ0v) is 13.5. The number of ether oxygens (including phenoxy) is 2. The predicted molar refractivity (Wildman–Crippen MR) is 81.5 cm³/mol. The van der Waals surface area contributed by atoms with Crippen LogP contribution < -0.4 is 15.4 Å². The average molecular weight is 387 g/mol. The summed E-state index contributed by atoms with van der Waals surface area (Å²) < 4.78 is 45.3. The third-order valence-corrected chi connectivity index (χ3v) is 3.09. The van der Waals surface area contributed by atoms with Gasteiger partial charge in [0.1, 0.15) is 5.75 Å². The molecule has 0 unspecified atom stereocenters. The molecule has 0 saturated carbocycles. The third kappa shape index (κ3) is 7.49. The topological polar surface area (TPSA) is 42.5 Å². The van der Waals surface area contributed by atoms with Gasteiger partial charge in [-0.2, -0.15) is 0 Å². The molecule has 118 valence electrons. The van der Waals surface area contributed by atoms with E-state index in [1.165, 1.54) is 18.2 Å². The zero-order chi connectivity index (χ0) is 15.9.